The van der Waals surface area contributed by atoms with E-state index in [4.69, 9.17) is 10.7 Å². The summed E-state index contributed by atoms with van der Waals surface area (Å²) < 4.78 is 47.1. The van der Waals surface area contributed by atoms with E-state index in [9.17, 15) is 27.3 Å². The van der Waals surface area contributed by atoms with Crippen LogP contribution in [-0.4, -0.2) is 13.3 Å². The van der Waals surface area contributed by atoms with Gasteiger partial charge in [-0.15, -0.1) is 0 Å². The predicted octanol–water partition coefficient (Wildman–Crippen LogP) is 1.80. The molecule has 1 aromatic rings. The number of nitrogens with zero attached hydrogens (tertiary/aromatic N) is 1. The lowest BCUT2D eigenvalue weighted by molar-refractivity contribution is -0.390. The molecule has 0 fully saturated rings. The van der Waals surface area contributed by atoms with E-state index in [2.05, 4.69) is 0 Å². The highest BCUT2D eigenvalue weighted by atomic mass is 35.7. The third-order valence-electron chi connectivity index (χ3n) is 1.45. The summed E-state index contributed by atoms with van der Waals surface area (Å²) in [6.45, 7) is 0. The van der Waals surface area contributed by atoms with E-state index in [0.29, 0.717) is 0 Å². The van der Waals surface area contributed by atoms with Crippen LogP contribution in [0.3, 0.4) is 0 Å². The molecule has 0 heterocycles. The van der Waals surface area contributed by atoms with Gasteiger partial charge in [0.2, 0.25) is 11.6 Å². The maximum absolute atomic E-state index is 12.9. The van der Waals surface area contributed by atoms with Crippen LogP contribution in [0.15, 0.2) is 17.0 Å². The molecule has 5 nitrogen and oxygen atoms in total. The Labute approximate surface area is 86.8 Å². The van der Waals surface area contributed by atoms with E-state index in [1.54, 1.807) is 0 Å². The minimum absolute atomic E-state index is 0.281. The topological polar surface area (TPSA) is 77.3 Å². The summed E-state index contributed by atoms with van der Waals surface area (Å²) in [5.74, 6) is -3.20. The van der Waals surface area contributed by atoms with Gasteiger partial charge in [0.1, 0.15) is 0 Å². The molecule has 0 amide bonds. The highest BCUT2D eigenvalue weighted by molar-refractivity contribution is 8.13. The molecule has 0 aliphatic carbocycles. The van der Waals surface area contributed by atoms with Crippen molar-refractivity contribution in [1.29, 1.82) is 0 Å². The molecule has 9 heteroatoms. The van der Waals surface area contributed by atoms with Gasteiger partial charge in [-0.25, -0.2) is 8.42 Å². The summed E-state index contributed by atoms with van der Waals surface area (Å²) in [5.41, 5.74) is -1.42. The number of nitro benzene ring substituents is 1. The lowest BCUT2D eigenvalue weighted by atomic mass is 10.3. The predicted molar refractivity (Wildman–Crippen MR) is 46.1 cm³/mol. The molecule has 0 N–H and O–H groups in total. The third-order valence-corrected chi connectivity index (χ3v) is 2.79. The first-order chi connectivity index (χ1) is 6.73. The molecular formula is C6H2ClF2NO4S. The molecule has 0 aliphatic rings. The van der Waals surface area contributed by atoms with Crippen molar-refractivity contribution in [1.82, 2.24) is 0 Å². The normalized spacial score (nSPS) is 11.4. The van der Waals surface area contributed by atoms with Crippen molar-refractivity contribution < 1.29 is 22.1 Å². The van der Waals surface area contributed by atoms with Crippen molar-refractivity contribution in [2.24, 2.45) is 0 Å². The highest BCUT2D eigenvalue weighted by Gasteiger charge is 2.25. The second kappa shape index (κ2) is 3.70. The maximum atomic E-state index is 12.9. The van der Waals surface area contributed by atoms with Gasteiger partial charge in [0.25, 0.3) is 9.05 Å². The summed E-state index contributed by atoms with van der Waals surface area (Å²) in [7, 11) is 0.483. The molecule has 0 atom stereocenters. The van der Waals surface area contributed by atoms with E-state index < -0.39 is 36.2 Å². The van der Waals surface area contributed by atoms with Gasteiger partial charge in [0, 0.05) is 22.8 Å². The second-order valence-electron chi connectivity index (χ2n) is 2.43. The summed E-state index contributed by atoms with van der Waals surface area (Å²) in [6, 6.07) is 0.563. The molecule has 1 rings (SSSR count). The highest BCUT2D eigenvalue weighted by Crippen LogP contribution is 2.26. The van der Waals surface area contributed by atoms with Crippen LogP contribution in [0.1, 0.15) is 0 Å². The quantitative estimate of drug-likeness (QED) is 0.460. The number of benzene rings is 1. The molecule has 0 saturated heterocycles. The maximum Gasteiger partial charge on any atom is 0.340 e. The van der Waals surface area contributed by atoms with Gasteiger partial charge in [-0.05, 0) is 0 Å². The number of halogens is 3. The molecule has 1 aromatic carbocycles. The minimum Gasteiger partial charge on any atom is -0.258 e. The van der Waals surface area contributed by atoms with Crippen LogP contribution < -0.4 is 0 Å². The van der Waals surface area contributed by atoms with Crippen molar-refractivity contribution in [2.45, 2.75) is 4.90 Å². The summed E-state index contributed by atoms with van der Waals surface area (Å²) >= 11 is 0. The first-order valence-electron chi connectivity index (χ1n) is 3.31. The Morgan fingerprint density at radius 3 is 1.93 bits per heavy atom. The second-order valence-corrected chi connectivity index (χ2v) is 5.00. The average molecular weight is 258 g/mol. The molecule has 15 heavy (non-hydrogen) atoms. The Bertz CT molecular complexity index is 507. The molecule has 0 unspecified atom stereocenters. The van der Waals surface area contributed by atoms with Crippen molar-refractivity contribution in [3.8, 4) is 0 Å². The summed E-state index contributed by atoms with van der Waals surface area (Å²) in [6.07, 6.45) is 0. The zero-order valence-corrected chi connectivity index (χ0v) is 8.35. The van der Waals surface area contributed by atoms with Gasteiger partial charge in [-0.2, -0.15) is 8.78 Å². The first-order valence-corrected chi connectivity index (χ1v) is 5.62. The summed E-state index contributed by atoms with van der Waals surface area (Å²) in [4.78, 5) is 7.98. The lowest BCUT2D eigenvalue weighted by Gasteiger charge is -1.99. The van der Waals surface area contributed by atoms with E-state index in [-0.39, 0.29) is 12.1 Å². The van der Waals surface area contributed by atoms with Crippen LogP contribution in [0.2, 0.25) is 0 Å². The smallest absolute Gasteiger partial charge is 0.258 e. The molecule has 0 radical (unpaired) electrons. The van der Waals surface area contributed by atoms with Crippen LogP contribution >= 0.6 is 10.7 Å². The summed E-state index contributed by atoms with van der Waals surface area (Å²) in [5, 5.41) is 10.1. The SMILES string of the molecule is O=[N+]([O-])c1c(F)cc(S(=O)(=O)Cl)cc1F. The zero-order valence-electron chi connectivity index (χ0n) is 6.78. The van der Waals surface area contributed by atoms with Crippen molar-refractivity contribution in [3.05, 3.63) is 33.9 Å². The Morgan fingerprint density at radius 2 is 1.67 bits per heavy atom. The fourth-order valence-electron chi connectivity index (χ4n) is 0.857. The van der Waals surface area contributed by atoms with Crippen molar-refractivity contribution in [3.63, 3.8) is 0 Å². The Kier molecular flexibility index (Phi) is 2.91. The molecule has 0 saturated carbocycles. The van der Waals surface area contributed by atoms with Gasteiger partial charge in [-0.1, -0.05) is 0 Å². The molecule has 0 spiro atoms. The van der Waals surface area contributed by atoms with E-state index in [0.717, 1.165) is 0 Å². The van der Waals surface area contributed by atoms with Crippen molar-refractivity contribution >= 4 is 25.4 Å². The Hall–Kier alpha value is -1.28. The number of hydrogen-bond acceptors (Lipinski definition) is 4. The van der Waals surface area contributed by atoms with Crippen LogP contribution in [0.5, 0.6) is 0 Å². The lowest BCUT2D eigenvalue weighted by Crippen LogP contribution is -2.00. The molecule has 0 aromatic heterocycles. The fraction of sp³-hybridized carbons (Fsp3) is 0. The molecular weight excluding hydrogens is 256 g/mol. The van der Waals surface area contributed by atoms with Crippen molar-refractivity contribution in [2.75, 3.05) is 0 Å². The van der Waals surface area contributed by atoms with Crippen LogP contribution in [0.25, 0.3) is 0 Å². The zero-order chi connectivity index (χ0) is 11.8. The molecule has 0 bridgehead atoms. The van der Waals surface area contributed by atoms with Crippen LogP contribution in [-0.2, 0) is 9.05 Å². The number of nitro groups is 1. The first kappa shape index (κ1) is 11.8. The monoisotopic (exact) mass is 257 g/mol. The largest absolute Gasteiger partial charge is 0.340 e. The van der Waals surface area contributed by atoms with Gasteiger partial charge in [-0.3, -0.25) is 10.1 Å². The molecule has 0 aliphatic heterocycles. The average Bonchev–Trinajstić information content (AvgIpc) is 1.99. The van der Waals surface area contributed by atoms with Gasteiger partial charge < -0.3 is 0 Å². The fourth-order valence-corrected chi connectivity index (χ4v) is 1.61. The Balaban J connectivity index is 3.52. The van der Waals surface area contributed by atoms with Gasteiger partial charge >= 0.3 is 5.69 Å². The van der Waals surface area contributed by atoms with E-state index in [1.807, 2.05) is 0 Å². The van der Waals surface area contributed by atoms with Gasteiger partial charge in [0.05, 0.1) is 9.82 Å². The standard InChI is InChI=1S/C6H2ClF2NO4S/c7-15(13,14)3-1-4(8)6(10(11)12)5(9)2-3/h1-2H. The van der Waals surface area contributed by atoms with Gasteiger partial charge in [0.15, 0.2) is 0 Å². The Morgan fingerprint density at radius 1 is 1.27 bits per heavy atom. The number of hydrogen-bond donors (Lipinski definition) is 0. The minimum atomic E-state index is -4.32. The van der Waals surface area contributed by atoms with E-state index >= 15 is 0 Å². The molecule has 82 valence electrons. The van der Waals surface area contributed by atoms with E-state index in [1.165, 1.54) is 0 Å². The van der Waals surface area contributed by atoms with Crippen LogP contribution in [0.4, 0.5) is 14.5 Å². The number of rotatable bonds is 2. The third kappa shape index (κ3) is 2.39. The van der Waals surface area contributed by atoms with Crippen LogP contribution in [0, 0.1) is 21.7 Å².